The van der Waals surface area contributed by atoms with E-state index in [0.717, 1.165) is 5.56 Å². The van der Waals surface area contributed by atoms with Crippen LogP contribution in [0.4, 0.5) is 16.2 Å². The monoisotopic (exact) mass is 285 g/mol. The molecule has 0 unspecified atom stereocenters. The number of carbonyl (C=O) groups is 2. The number of nitrogens with one attached hydrogen (secondary N) is 2. The molecule has 2 aromatic rings. The Bertz CT molecular complexity index is 653. The van der Waals surface area contributed by atoms with E-state index in [0.29, 0.717) is 11.4 Å². The van der Waals surface area contributed by atoms with Crippen molar-refractivity contribution in [1.29, 1.82) is 0 Å². The van der Waals surface area contributed by atoms with E-state index in [-0.39, 0.29) is 18.1 Å². The molecule has 0 aliphatic heterocycles. The van der Waals surface area contributed by atoms with Crippen LogP contribution in [0.2, 0.25) is 0 Å². The van der Waals surface area contributed by atoms with Gasteiger partial charge in [-0.25, -0.2) is 4.79 Å². The van der Waals surface area contributed by atoms with Crippen LogP contribution in [0, 0.1) is 0 Å². The Morgan fingerprint density at radius 2 is 1.62 bits per heavy atom. The Morgan fingerprint density at radius 1 is 1.00 bits per heavy atom. The molecule has 2 aromatic carbocycles. The van der Waals surface area contributed by atoms with Crippen LogP contribution >= 0.6 is 0 Å². The molecule has 0 aliphatic rings. The van der Waals surface area contributed by atoms with Crippen LogP contribution in [0.25, 0.3) is 0 Å². The third-order valence-electron chi connectivity index (χ3n) is 2.71. The van der Waals surface area contributed by atoms with Crippen molar-refractivity contribution in [3.63, 3.8) is 0 Å². The SMILES string of the molecule is NC(=O)Nc1cccc(NC(=O)Cc2ccc(O)cc2)c1. The predicted molar refractivity (Wildman–Crippen MR) is 80.1 cm³/mol. The average molecular weight is 285 g/mol. The topological polar surface area (TPSA) is 104 Å². The number of hydrogen-bond donors (Lipinski definition) is 4. The van der Waals surface area contributed by atoms with E-state index in [1.807, 2.05) is 0 Å². The van der Waals surface area contributed by atoms with Crippen LogP contribution in [0.1, 0.15) is 5.56 Å². The molecule has 5 N–H and O–H groups in total. The maximum atomic E-state index is 11.9. The van der Waals surface area contributed by atoms with E-state index in [9.17, 15) is 14.7 Å². The first-order valence-electron chi connectivity index (χ1n) is 6.27. The summed E-state index contributed by atoms with van der Waals surface area (Å²) in [5.74, 6) is -0.0405. The molecule has 0 saturated heterocycles. The molecule has 108 valence electrons. The van der Waals surface area contributed by atoms with E-state index in [4.69, 9.17) is 5.73 Å². The summed E-state index contributed by atoms with van der Waals surface area (Å²) in [6, 6.07) is 12.4. The van der Waals surface area contributed by atoms with E-state index < -0.39 is 6.03 Å². The molecule has 21 heavy (non-hydrogen) atoms. The van der Waals surface area contributed by atoms with Crippen molar-refractivity contribution in [3.8, 4) is 5.75 Å². The number of benzene rings is 2. The van der Waals surface area contributed by atoms with Crippen LogP contribution in [0.3, 0.4) is 0 Å². The summed E-state index contributed by atoms with van der Waals surface area (Å²) in [4.78, 5) is 22.7. The summed E-state index contributed by atoms with van der Waals surface area (Å²) in [6.45, 7) is 0. The van der Waals surface area contributed by atoms with Gasteiger partial charge in [0, 0.05) is 11.4 Å². The van der Waals surface area contributed by atoms with E-state index in [1.54, 1.807) is 36.4 Å². The third-order valence-corrected chi connectivity index (χ3v) is 2.71. The second kappa shape index (κ2) is 6.42. The van der Waals surface area contributed by atoms with Gasteiger partial charge in [0.2, 0.25) is 5.91 Å². The molecule has 6 heteroatoms. The number of amides is 3. The van der Waals surface area contributed by atoms with Gasteiger partial charge >= 0.3 is 6.03 Å². The molecule has 0 atom stereocenters. The lowest BCUT2D eigenvalue weighted by Crippen LogP contribution is -2.19. The zero-order chi connectivity index (χ0) is 15.2. The summed E-state index contributed by atoms with van der Waals surface area (Å²) < 4.78 is 0. The Morgan fingerprint density at radius 3 is 2.24 bits per heavy atom. The number of aromatic hydroxyl groups is 1. The lowest BCUT2D eigenvalue weighted by molar-refractivity contribution is -0.115. The first-order valence-corrected chi connectivity index (χ1v) is 6.27. The number of anilines is 2. The molecule has 0 radical (unpaired) electrons. The molecule has 0 aromatic heterocycles. The van der Waals surface area contributed by atoms with Gasteiger partial charge in [0.05, 0.1) is 6.42 Å². The molecule has 0 heterocycles. The molecule has 0 spiro atoms. The van der Waals surface area contributed by atoms with Gasteiger partial charge in [-0.3, -0.25) is 4.79 Å². The Kier molecular flexibility index (Phi) is 4.40. The van der Waals surface area contributed by atoms with Crippen molar-refractivity contribution in [1.82, 2.24) is 0 Å². The number of rotatable bonds is 4. The molecule has 0 aliphatic carbocycles. The molecule has 0 fully saturated rings. The molecule has 6 nitrogen and oxygen atoms in total. The van der Waals surface area contributed by atoms with Crippen molar-refractivity contribution in [2.45, 2.75) is 6.42 Å². The average Bonchev–Trinajstić information content (AvgIpc) is 2.41. The van der Waals surface area contributed by atoms with Gasteiger partial charge in [0.25, 0.3) is 0 Å². The number of urea groups is 1. The second-order valence-electron chi connectivity index (χ2n) is 4.46. The van der Waals surface area contributed by atoms with Crippen LogP contribution in [0.5, 0.6) is 5.75 Å². The fourth-order valence-corrected chi connectivity index (χ4v) is 1.82. The van der Waals surface area contributed by atoms with Crippen molar-refractivity contribution in [3.05, 3.63) is 54.1 Å². The van der Waals surface area contributed by atoms with Gasteiger partial charge in [0.1, 0.15) is 5.75 Å². The maximum Gasteiger partial charge on any atom is 0.316 e. The van der Waals surface area contributed by atoms with Crippen LogP contribution in [-0.4, -0.2) is 17.0 Å². The van der Waals surface area contributed by atoms with Gasteiger partial charge in [0.15, 0.2) is 0 Å². The summed E-state index contributed by atoms with van der Waals surface area (Å²) in [5, 5.41) is 14.3. The maximum absolute atomic E-state index is 11.9. The highest BCUT2D eigenvalue weighted by Crippen LogP contribution is 2.16. The zero-order valence-corrected chi connectivity index (χ0v) is 11.2. The van der Waals surface area contributed by atoms with E-state index in [1.165, 1.54) is 12.1 Å². The summed E-state index contributed by atoms with van der Waals surface area (Å²) in [5.41, 5.74) is 6.89. The zero-order valence-electron chi connectivity index (χ0n) is 11.2. The summed E-state index contributed by atoms with van der Waals surface area (Å²) >= 11 is 0. The molecule has 0 saturated carbocycles. The lowest BCUT2D eigenvalue weighted by atomic mass is 10.1. The van der Waals surface area contributed by atoms with Gasteiger partial charge in [-0.2, -0.15) is 0 Å². The Labute approximate surface area is 121 Å². The number of nitrogens with two attached hydrogens (primary N) is 1. The van der Waals surface area contributed by atoms with Crippen molar-refractivity contribution in [2.24, 2.45) is 5.73 Å². The molecule has 2 rings (SSSR count). The van der Waals surface area contributed by atoms with Gasteiger partial charge in [-0.15, -0.1) is 0 Å². The Hall–Kier alpha value is -3.02. The normalized spacial score (nSPS) is 9.90. The largest absolute Gasteiger partial charge is 0.508 e. The first-order chi connectivity index (χ1) is 10.0. The minimum atomic E-state index is -0.664. The molecular weight excluding hydrogens is 270 g/mol. The van der Waals surface area contributed by atoms with Crippen molar-refractivity contribution < 1.29 is 14.7 Å². The third kappa shape index (κ3) is 4.54. The fraction of sp³-hybridized carbons (Fsp3) is 0.0667. The number of hydrogen-bond acceptors (Lipinski definition) is 3. The molecule has 3 amide bonds. The minimum Gasteiger partial charge on any atom is -0.508 e. The minimum absolute atomic E-state index is 0.157. The number of carbonyl (C=O) groups excluding carboxylic acids is 2. The summed E-state index contributed by atoms with van der Waals surface area (Å²) in [7, 11) is 0. The molecular formula is C15H15N3O3. The van der Waals surface area contributed by atoms with Crippen LogP contribution in [-0.2, 0) is 11.2 Å². The van der Waals surface area contributed by atoms with Gasteiger partial charge in [-0.05, 0) is 35.9 Å². The van der Waals surface area contributed by atoms with Crippen molar-refractivity contribution >= 4 is 23.3 Å². The lowest BCUT2D eigenvalue weighted by Gasteiger charge is -2.08. The predicted octanol–water partition coefficient (Wildman–Crippen LogP) is 2.06. The number of phenolic OH excluding ortho intramolecular Hbond substituents is 1. The fourth-order valence-electron chi connectivity index (χ4n) is 1.82. The summed E-state index contributed by atoms with van der Waals surface area (Å²) in [6.07, 6.45) is 0.188. The smallest absolute Gasteiger partial charge is 0.316 e. The van der Waals surface area contributed by atoms with Crippen molar-refractivity contribution in [2.75, 3.05) is 10.6 Å². The number of primary amides is 1. The van der Waals surface area contributed by atoms with Gasteiger partial charge < -0.3 is 21.5 Å². The van der Waals surface area contributed by atoms with Gasteiger partial charge in [-0.1, -0.05) is 18.2 Å². The highest BCUT2D eigenvalue weighted by Gasteiger charge is 2.05. The first kappa shape index (κ1) is 14.4. The van der Waals surface area contributed by atoms with E-state index in [2.05, 4.69) is 10.6 Å². The quantitative estimate of drug-likeness (QED) is 0.691. The molecule has 0 bridgehead atoms. The van der Waals surface area contributed by atoms with Crippen LogP contribution < -0.4 is 16.4 Å². The standard InChI is InChI=1S/C15H15N3O3/c16-15(21)18-12-3-1-2-11(9-12)17-14(20)8-10-4-6-13(19)7-5-10/h1-7,9,19H,8H2,(H,17,20)(H3,16,18,21). The van der Waals surface area contributed by atoms with E-state index >= 15 is 0 Å². The number of phenols is 1. The highest BCUT2D eigenvalue weighted by atomic mass is 16.3. The second-order valence-corrected chi connectivity index (χ2v) is 4.46. The highest BCUT2D eigenvalue weighted by molar-refractivity contribution is 5.94. The Balaban J connectivity index is 1.99. The van der Waals surface area contributed by atoms with Crippen LogP contribution in [0.15, 0.2) is 48.5 Å².